The van der Waals surface area contributed by atoms with Gasteiger partial charge in [-0.3, -0.25) is 0 Å². The molecule has 0 unspecified atom stereocenters. The van der Waals surface area contributed by atoms with E-state index in [-0.39, 0.29) is 0 Å². The average Bonchev–Trinajstić information content (AvgIpc) is 3.13. The molecular weight excluding hydrogens is 222 g/mol. The van der Waals surface area contributed by atoms with Gasteiger partial charge in [0.25, 0.3) is 0 Å². The number of nitrogens with one attached hydrogen (secondary N) is 1. The van der Waals surface area contributed by atoms with Crippen LogP contribution in [0.3, 0.4) is 0 Å². The van der Waals surface area contributed by atoms with Crippen LogP contribution in [0.2, 0.25) is 0 Å². The molecular formula is C12H17NO2S. The van der Waals surface area contributed by atoms with Gasteiger partial charge in [-0.15, -0.1) is 11.8 Å². The minimum Gasteiger partial charge on any atom is -0.493 e. The predicted molar refractivity (Wildman–Crippen MR) is 66.4 cm³/mol. The van der Waals surface area contributed by atoms with E-state index in [1.165, 1.54) is 17.7 Å². The van der Waals surface area contributed by atoms with Crippen molar-refractivity contribution in [1.82, 2.24) is 5.32 Å². The van der Waals surface area contributed by atoms with Crippen molar-refractivity contribution < 1.29 is 9.47 Å². The number of rotatable bonds is 6. The molecule has 0 heterocycles. The van der Waals surface area contributed by atoms with E-state index in [1.54, 1.807) is 26.0 Å². The Morgan fingerprint density at radius 1 is 1.25 bits per heavy atom. The molecule has 2 rings (SSSR count). The first-order chi connectivity index (χ1) is 7.83. The molecule has 1 saturated carbocycles. The van der Waals surface area contributed by atoms with Crippen LogP contribution in [-0.2, 0) is 0 Å². The minimum atomic E-state index is 0.757. The Labute approximate surface area is 101 Å². The molecule has 4 heteroatoms. The standard InChI is InChI=1S/C12H17NO2S/c1-14-11-6-5-10(7-12(11)15-2)16-8-13-9-3-4-9/h5-7,9,13H,3-4,8H2,1-2H3. The summed E-state index contributed by atoms with van der Waals surface area (Å²) in [6, 6.07) is 6.77. The molecule has 1 N–H and O–H groups in total. The SMILES string of the molecule is COc1ccc(SCNC2CC2)cc1OC. The lowest BCUT2D eigenvalue weighted by molar-refractivity contribution is 0.354. The fourth-order valence-electron chi connectivity index (χ4n) is 1.44. The minimum absolute atomic E-state index is 0.757. The van der Waals surface area contributed by atoms with E-state index < -0.39 is 0 Å². The Bertz CT molecular complexity index is 353. The van der Waals surface area contributed by atoms with Crippen LogP contribution in [0.25, 0.3) is 0 Å². The second kappa shape index (κ2) is 5.46. The number of benzene rings is 1. The Morgan fingerprint density at radius 2 is 2.00 bits per heavy atom. The summed E-state index contributed by atoms with van der Waals surface area (Å²) < 4.78 is 10.5. The van der Waals surface area contributed by atoms with Crippen LogP contribution < -0.4 is 14.8 Å². The van der Waals surface area contributed by atoms with Crippen molar-refractivity contribution in [2.75, 3.05) is 20.1 Å². The highest BCUT2D eigenvalue weighted by Crippen LogP contribution is 2.31. The van der Waals surface area contributed by atoms with Crippen LogP contribution in [0.4, 0.5) is 0 Å². The summed E-state index contributed by atoms with van der Waals surface area (Å²) in [7, 11) is 3.31. The largest absolute Gasteiger partial charge is 0.493 e. The molecule has 0 radical (unpaired) electrons. The van der Waals surface area contributed by atoms with Crippen LogP contribution in [-0.4, -0.2) is 26.1 Å². The van der Waals surface area contributed by atoms with Gasteiger partial charge in [0.15, 0.2) is 11.5 Å². The van der Waals surface area contributed by atoms with Crippen LogP contribution in [0.15, 0.2) is 23.1 Å². The summed E-state index contributed by atoms with van der Waals surface area (Å²) >= 11 is 1.79. The second-order valence-electron chi connectivity index (χ2n) is 3.78. The molecule has 0 aliphatic heterocycles. The van der Waals surface area contributed by atoms with E-state index >= 15 is 0 Å². The molecule has 1 aromatic rings. The summed E-state index contributed by atoms with van der Waals surface area (Å²) in [5.41, 5.74) is 0. The molecule has 0 bridgehead atoms. The van der Waals surface area contributed by atoms with Crippen molar-refractivity contribution in [3.05, 3.63) is 18.2 Å². The molecule has 1 aromatic carbocycles. The van der Waals surface area contributed by atoms with Crippen molar-refractivity contribution in [1.29, 1.82) is 0 Å². The molecule has 0 amide bonds. The van der Waals surface area contributed by atoms with E-state index in [2.05, 4.69) is 11.4 Å². The quantitative estimate of drug-likeness (QED) is 0.610. The normalized spacial score (nSPS) is 14.9. The Hall–Kier alpha value is -0.870. The fraction of sp³-hybridized carbons (Fsp3) is 0.500. The molecule has 1 aliphatic rings. The topological polar surface area (TPSA) is 30.5 Å². The maximum absolute atomic E-state index is 5.26. The van der Waals surface area contributed by atoms with E-state index in [4.69, 9.17) is 9.47 Å². The Kier molecular flexibility index (Phi) is 3.96. The first-order valence-electron chi connectivity index (χ1n) is 5.41. The zero-order valence-corrected chi connectivity index (χ0v) is 10.5. The first-order valence-corrected chi connectivity index (χ1v) is 6.40. The van der Waals surface area contributed by atoms with Gasteiger partial charge in [-0.2, -0.15) is 0 Å². The van der Waals surface area contributed by atoms with Crippen molar-refractivity contribution in [3.63, 3.8) is 0 Å². The van der Waals surface area contributed by atoms with Gasteiger partial charge in [-0.05, 0) is 31.0 Å². The molecule has 0 saturated heterocycles. The van der Waals surface area contributed by atoms with Crippen molar-refractivity contribution in [2.24, 2.45) is 0 Å². The Morgan fingerprint density at radius 3 is 2.62 bits per heavy atom. The lowest BCUT2D eigenvalue weighted by Crippen LogP contribution is -2.14. The van der Waals surface area contributed by atoms with Gasteiger partial charge in [0, 0.05) is 16.8 Å². The van der Waals surface area contributed by atoms with Gasteiger partial charge in [0.2, 0.25) is 0 Å². The lowest BCUT2D eigenvalue weighted by atomic mass is 10.3. The van der Waals surface area contributed by atoms with Crippen LogP contribution in [0.1, 0.15) is 12.8 Å². The van der Waals surface area contributed by atoms with Crippen molar-refractivity contribution >= 4 is 11.8 Å². The van der Waals surface area contributed by atoms with Gasteiger partial charge in [0.05, 0.1) is 14.2 Å². The van der Waals surface area contributed by atoms with Crippen molar-refractivity contribution in [3.8, 4) is 11.5 Å². The van der Waals surface area contributed by atoms with Gasteiger partial charge in [0.1, 0.15) is 0 Å². The molecule has 3 nitrogen and oxygen atoms in total. The van der Waals surface area contributed by atoms with Gasteiger partial charge < -0.3 is 14.8 Å². The predicted octanol–water partition coefficient (Wildman–Crippen LogP) is 2.51. The molecule has 16 heavy (non-hydrogen) atoms. The number of hydrogen-bond acceptors (Lipinski definition) is 4. The lowest BCUT2D eigenvalue weighted by Gasteiger charge is -2.09. The van der Waals surface area contributed by atoms with E-state index in [1.807, 2.05) is 12.1 Å². The summed E-state index contributed by atoms with van der Waals surface area (Å²) in [5.74, 6) is 2.53. The monoisotopic (exact) mass is 239 g/mol. The summed E-state index contributed by atoms with van der Waals surface area (Å²) in [5, 5.41) is 3.46. The van der Waals surface area contributed by atoms with Crippen LogP contribution in [0, 0.1) is 0 Å². The molecule has 0 atom stereocenters. The smallest absolute Gasteiger partial charge is 0.161 e. The molecule has 0 spiro atoms. The molecule has 1 fully saturated rings. The summed E-state index contributed by atoms with van der Waals surface area (Å²) in [6.07, 6.45) is 2.65. The highest BCUT2D eigenvalue weighted by molar-refractivity contribution is 7.99. The average molecular weight is 239 g/mol. The fourth-order valence-corrected chi connectivity index (χ4v) is 2.28. The number of hydrogen-bond donors (Lipinski definition) is 1. The third-order valence-electron chi connectivity index (χ3n) is 2.54. The highest BCUT2D eigenvalue weighted by Gasteiger charge is 2.19. The third kappa shape index (κ3) is 3.06. The molecule has 88 valence electrons. The van der Waals surface area contributed by atoms with E-state index in [0.29, 0.717) is 0 Å². The van der Waals surface area contributed by atoms with Gasteiger partial charge in [-0.1, -0.05) is 0 Å². The van der Waals surface area contributed by atoms with Crippen LogP contribution in [0.5, 0.6) is 11.5 Å². The zero-order chi connectivity index (χ0) is 11.4. The number of ether oxygens (including phenoxy) is 2. The van der Waals surface area contributed by atoms with Gasteiger partial charge >= 0.3 is 0 Å². The number of thioether (sulfide) groups is 1. The third-order valence-corrected chi connectivity index (χ3v) is 3.44. The zero-order valence-electron chi connectivity index (χ0n) is 9.66. The maximum Gasteiger partial charge on any atom is 0.161 e. The van der Waals surface area contributed by atoms with E-state index in [9.17, 15) is 0 Å². The van der Waals surface area contributed by atoms with Crippen molar-refractivity contribution in [2.45, 2.75) is 23.8 Å². The number of methoxy groups -OCH3 is 2. The van der Waals surface area contributed by atoms with E-state index in [0.717, 1.165) is 23.4 Å². The first kappa shape index (κ1) is 11.6. The summed E-state index contributed by atoms with van der Waals surface area (Å²) in [6.45, 7) is 0. The van der Waals surface area contributed by atoms with Gasteiger partial charge in [-0.25, -0.2) is 0 Å². The van der Waals surface area contributed by atoms with Crippen LogP contribution >= 0.6 is 11.8 Å². The highest BCUT2D eigenvalue weighted by atomic mass is 32.2. The molecule has 0 aromatic heterocycles. The second-order valence-corrected chi connectivity index (χ2v) is 4.83. The Balaban J connectivity index is 1.92. The summed E-state index contributed by atoms with van der Waals surface area (Å²) in [4.78, 5) is 1.20. The maximum atomic E-state index is 5.26. The molecule has 1 aliphatic carbocycles.